The molecule has 1 saturated heterocycles. The number of benzene rings is 2. The summed E-state index contributed by atoms with van der Waals surface area (Å²) < 4.78 is 0.934. The summed E-state index contributed by atoms with van der Waals surface area (Å²) in [6, 6.07) is 16.4. The van der Waals surface area contributed by atoms with Crippen LogP contribution >= 0.6 is 22.9 Å². The second-order valence-electron chi connectivity index (χ2n) is 8.93. The van der Waals surface area contributed by atoms with Crippen LogP contribution in [0.4, 0.5) is 5.95 Å². The summed E-state index contributed by atoms with van der Waals surface area (Å²) in [4.78, 5) is 19.3. The molecular formula is C26H22ClN7S. The van der Waals surface area contributed by atoms with Crippen molar-refractivity contribution in [2.24, 2.45) is 5.73 Å². The van der Waals surface area contributed by atoms with Gasteiger partial charge < -0.3 is 15.6 Å². The van der Waals surface area contributed by atoms with Gasteiger partial charge in [0.2, 0.25) is 5.95 Å². The lowest BCUT2D eigenvalue weighted by atomic mass is 9.82. The Morgan fingerprint density at radius 2 is 1.86 bits per heavy atom. The summed E-state index contributed by atoms with van der Waals surface area (Å²) in [5, 5.41) is 12.2. The third-order valence-corrected chi connectivity index (χ3v) is 8.32. The van der Waals surface area contributed by atoms with E-state index in [1.54, 1.807) is 11.3 Å². The van der Waals surface area contributed by atoms with Crippen LogP contribution in [0.15, 0.2) is 48.7 Å². The van der Waals surface area contributed by atoms with Crippen molar-refractivity contribution in [2.45, 2.75) is 25.3 Å². The van der Waals surface area contributed by atoms with Crippen molar-refractivity contribution >= 4 is 50.1 Å². The van der Waals surface area contributed by atoms with Gasteiger partial charge in [-0.15, -0.1) is 11.3 Å². The number of aromatic amines is 1. The van der Waals surface area contributed by atoms with Crippen LogP contribution in [0.3, 0.4) is 0 Å². The first-order valence-corrected chi connectivity index (χ1v) is 12.6. The topological polar surface area (TPSA) is 108 Å². The molecule has 4 heterocycles. The molecule has 0 atom stereocenters. The highest BCUT2D eigenvalue weighted by atomic mass is 35.5. The average molecular weight is 500 g/mol. The number of aryl methyl sites for hydroxylation is 1. The number of nitriles is 1. The molecule has 3 aromatic heterocycles. The van der Waals surface area contributed by atoms with Crippen LogP contribution in [0.2, 0.25) is 5.02 Å². The van der Waals surface area contributed by atoms with E-state index in [9.17, 15) is 5.26 Å². The summed E-state index contributed by atoms with van der Waals surface area (Å²) in [7, 11) is 0. The van der Waals surface area contributed by atoms with Gasteiger partial charge in [-0.1, -0.05) is 48.0 Å². The van der Waals surface area contributed by atoms with Crippen molar-refractivity contribution in [1.29, 1.82) is 5.26 Å². The smallest absolute Gasteiger partial charge is 0.228 e. The van der Waals surface area contributed by atoms with Gasteiger partial charge in [0, 0.05) is 36.0 Å². The van der Waals surface area contributed by atoms with E-state index in [-0.39, 0.29) is 5.54 Å². The quantitative estimate of drug-likeness (QED) is 0.338. The predicted molar refractivity (Wildman–Crippen MR) is 141 cm³/mol. The lowest BCUT2D eigenvalue weighted by molar-refractivity contribution is 0.340. The third kappa shape index (κ3) is 3.64. The Kier molecular flexibility index (Phi) is 5.22. The van der Waals surface area contributed by atoms with Crippen LogP contribution in [0, 0.1) is 18.3 Å². The van der Waals surface area contributed by atoms with Gasteiger partial charge in [0.1, 0.15) is 11.7 Å². The highest BCUT2D eigenvalue weighted by Gasteiger charge is 2.33. The van der Waals surface area contributed by atoms with Gasteiger partial charge in [-0.2, -0.15) is 10.2 Å². The highest BCUT2D eigenvalue weighted by molar-refractivity contribution is 7.19. The summed E-state index contributed by atoms with van der Waals surface area (Å²) in [6.07, 6.45) is 3.40. The number of H-pyrrole nitrogens is 1. The number of halogens is 1. The van der Waals surface area contributed by atoms with Crippen molar-refractivity contribution < 1.29 is 0 Å². The van der Waals surface area contributed by atoms with Crippen molar-refractivity contribution in [2.75, 3.05) is 18.0 Å². The molecule has 0 unspecified atom stereocenters. The Morgan fingerprint density at radius 3 is 2.60 bits per heavy atom. The van der Waals surface area contributed by atoms with E-state index < -0.39 is 0 Å². The minimum atomic E-state index is -0.371. The number of piperidine rings is 1. The number of rotatable bonds is 3. The number of nitrogens with zero attached hydrogens (tertiary/aromatic N) is 5. The molecule has 1 fully saturated rings. The van der Waals surface area contributed by atoms with E-state index >= 15 is 0 Å². The van der Waals surface area contributed by atoms with Gasteiger partial charge in [-0.25, -0.2) is 9.97 Å². The van der Waals surface area contributed by atoms with Crippen molar-refractivity contribution in [1.82, 2.24) is 19.9 Å². The van der Waals surface area contributed by atoms with E-state index in [4.69, 9.17) is 22.3 Å². The van der Waals surface area contributed by atoms with Crippen LogP contribution < -0.4 is 10.6 Å². The van der Waals surface area contributed by atoms with Gasteiger partial charge in [0.15, 0.2) is 5.69 Å². The third-order valence-electron chi connectivity index (χ3n) is 6.81. The molecule has 3 N–H and O–H groups in total. The molecule has 174 valence electrons. The fourth-order valence-corrected chi connectivity index (χ4v) is 6.13. The van der Waals surface area contributed by atoms with Gasteiger partial charge in [0.05, 0.1) is 25.6 Å². The molecule has 7 nitrogen and oxygen atoms in total. The monoisotopic (exact) mass is 499 g/mol. The molecule has 35 heavy (non-hydrogen) atoms. The maximum absolute atomic E-state index is 9.99. The first kappa shape index (κ1) is 22.0. The lowest BCUT2D eigenvalue weighted by Crippen LogP contribution is -2.48. The Labute approximate surface area is 211 Å². The van der Waals surface area contributed by atoms with Gasteiger partial charge >= 0.3 is 0 Å². The Morgan fingerprint density at radius 1 is 1.09 bits per heavy atom. The molecule has 6 rings (SSSR count). The number of nitrogens with one attached hydrogen (secondary N) is 1. The molecule has 9 heteroatoms. The predicted octanol–water partition coefficient (Wildman–Crippen LogP) is 5.52. The van der Waals surface area contributed by atoms with Crippen molar-refractivity contribution in [3.8, 4) is 17.2 Å². The Bertz CT molecular complexity index is 1610. The fourth-order valence-electron chi connectivity index (χ4n) is 4.90. The summed E-state index contributed by atoms with van der Waals surface area (Å²) >= 11 is 8.34. The first-order valence-electron chi connectivity index (χ1n) is 11.4. The number of anilines is 1. The normalized spacial score (nSPS) is 15.5. The van der Waals surface area contributed by atoms with Gasteiger partial charge in [-0.3, -0.25) is 0 Å². The standard InChI is InChI=1S/C26H22ClN7S/c1-15-31-19-8-7-17(22(27)23(19)35-15)18-14-30-24-21(18)20(13-28)32-25(33-24)34-11-9-26(29,10-12-34)16-5-3-2-4-6-16/h2-8,14H,9-12,29H2,1H3,(H,30,32,33). The van der Waals surface area contributed by atoms with Crippen LogP contribution in [0.1, 0.15) is 29.1 Å². The van der Waals surface area contributed by atoms with Gasteiger partial charge in [0.25, 0.3) is 0 Å². The maximum atomic E-state index is 9.99. The number of nitrogens with two attached hydrogens (primary N) is 1. The average Bonchev–Trinajstić information content (AvgIpc) is 3.48. The van der Waals surface area contributed by atoms with Crippen LogP contribution in [-0.2, 0) is 5.54 Å². The molecule has 1 aliphatic heterocycles. The number of hydrogen-bond acceptors (Lipinski definition) is 7. The summed E-state index contributed by atoms with van der Waals surface area (Å²) in [6.45, 7) is 3.38. The molecule has 0 amide bonds. The van der Waals surface area contributed by atoms with Crippen LogP contribution in [0.25, 0.3) is 32.4 Å². The number of aromatic nitrogens is 4. The molecule has 0 bridgehead atoms. The zero-order valence-corrected chi connectivity index (χ0v) is 20.6. The van der Waals surface area contributed by atoms with E-state index in [1.807, 2.05) is 43.5 Å². The van der Waals surface area contributed by atoms with Crippen molar-refractivity contribution in [3.63, 3.8) is 0 Å². The number of fused-ring (bicyclic) bond motifs is 2. The Balaban J connectivity index is 1.36. The molecule has 0 saturated carbocycles. The maximum Gasteiger partial charge on any atom is 0.228 e. The SMILES string of the molecule is Cc1nc2ccc(-c3c[nH]c4nc(N5CCC(N)(c6ccccc6)CC5)nc(C#N)c34)c(Cl)c2s1. The second-order valence-corrected chi connectivity index (χ2v) is 10.5. The Hall–Kier alpha value is -3.51. The largest absolute Gasteiger partial charge is 0.345 e. The minimum absolute atomic E-state index is 0.325. The highest BCUT2D eigenvalue weighted by Crippen LogP contribution is 2.40. The first-order chi connectivity index (χ1) is 17.0. The number of hydrogen-bond donors (Lipinski definition) is 2. The lowest BCUT2D eigenvalue weighted by Gasteiger charge is -2.39. The van der Waals surface area contributed by atoms with Crippen LogP contribution in [0.5, 0.6) is 0 Å². The zero-order chi connectivity index (χ0) is 24.2. The minimum Gasteiger partial charge on any atom is -0.345 e. The molecule has 0 radical (unpaired) electrons. The fraction of sp³-hybridized carbons (Fsp3) is 0.231. The molecule has 0 spiro atoms. The summed E-state index contributed by atoms with van der Waals surface area (Å²) in [5.74, 6) is 0.539. The van der Waals surface area contributed by atoms with E-state index in [0.717, 1.165) is 44.8 Å². The summed E-state index contributed by atoms with van der Waals surface area (Å²) in [5.41, 5.74) is 11.0. The van der Waals surface area contributed by atoms with Crippen molar-refractivity contribution in [3.05, 3.63) is 69.9 Å². The molecular weight excluding hydrogens is 478 g/mol. The van der Waals surface area contributed by atoms with E-state index in [2.05, 4.69) is 38.1 Å². The van der Waals surface area contributed by atoms with E-state index in [1.165, 1.54) is 0 Å². The zero-order valence-electron chi connectivity index (χ0n) is 19.0. The molecule has 1 aliphatic rings. The van der Waals surface area contributed by atoms with Gasteiger partial charge in [-0.05, 0) is 31.4 Å². The molecule has 5 aromatic rings. The molecule has 0 aliphatic carbocycles. The van der Waals surface area contributed by atoms with Crippen LogP contribution in [-0.4, -0.2) is 33.0 Å². The number of thiazole rings is 1. The van der Waals surface area contributed by atoms with E-state index in [0.29, 0.717) is 40.8 Å². The molecule has 2 aromatic carbocycles. The second kappa shape index (κ2) is 8.31.